The summed E-state index contributed by atoms with van der Waals surface area (Å²) in [7, 11) is 0. The number of hydrogen-bond acceptors (Lipinski definition) is 4. The predicted molar refractivity (Wildman–Crippen MR) is 96.2 cm³/mol. The smallest absolute Gasteiger partial charge is 0.234 e. The van der Waals surface area contributed by atoms with Gasteiger partial charge in [0.2, 0.25) is 5.91 Å². The zero-order chi connectivity index (χ0) is 18.9. The molecule has 0 aliphatic carbocycles. The molecule has 2 fully saturated rings. The first-order valence-electron chi connectivity index (χ1n) is 9.28. The molecule has 0 bridgehead atoms. The van der Waals surface area contributed by atoms with E-state index < -0.39 is 11.6 Å². The van der Waals surface area contributed by atoms with Crippen LogP contribution in [-0.4, -0.2) is 42.0 Å². The zero-order valence-electron chi connectivity index (χ0n) is 15.6. The van der Waals surface area contributed by atoms with Gasteiger partial charge in [0.1, 0.15) is 0 Å². The monoisotopic (exact) mass is 366 g/mol. The van der Waals surface area contributed by atoms with Gasteiger partial charge < -0.3 is 5.32 Å². The normalized spacial score (nSPS) is 26.6. The van der Waals surface area contributed by atoms with Crippen molar-refractivity contribution >= 4 is 5.91 Å². The van der Waals surface area contributed by atoms with Gasteiger partial charge in [0.05, 0.1) is 12.6 Å². The number of fused-ring (bicyclic) bond motifs is 1. The molecule has 3 N–H and O–H groups in total. The number of hydrazine groups is 1. The Bertz CT molecular complexity index is 667. The summed E-state index contributed by atoms with van der Waals surface area (Å²) < 4.78 is 26.8. The highest BCUT2D eigenvalue weighted by Crippen LogP contribution is 2.34. The van der Waals surface area contributed by atoms with Crippen LogP contribution in [0.25, 0.3) is 0 Å². The fourth-order valence-corrected chi connectivity index (χ4v) is 3.76. The van der Waals surface area contributed by atoms with Crippen molar-refractivity contribution in [1.29, 1.82) is 0 Å². The van der Waals surface area contributed by atoms with Gasteiger partial charge in [0.15, 0.2) is 11.6 Å². The summed E-state index contributed by atoms with van der Waals surface area (Å²) in [6.45, 7) is 8.00. The van der Waals surface area contributed by atoms with Crippen LogP contribution in [0.2, 0.25) is 0 Å². The first-order chi connectivity index (χ1) is 12.3. The molecule has 0 radical (unpaired) electrons. The summed E-state index contributed by atoms with van der Waals surface area (Å²) in [5.41, 5.74) is 7.00. The Morgan fingerprint density at radius 2 is 2.08 bits per heavy atom. The second kappa shape index (κ2) is 7.58. The molecular weight excluding hydrogens is 338 g/mol. The third-order valence-corrected chi connectivity index (χ3v) is 5.63. The fraction of sp³-hybridized carbons (Fsp3) is 0.632. The van der Waals surface area contributed by atoms with Crippen LogP contribution in [0.4, 0.5) is 8.78 Å². The Hall–Kier alpha value is -1.57. The van der Waals surface area contributed by atoms with E-state index in [0.29, 0.717) is 6.54 Å². The van der Waals surface area contributed by atoms with E-state index in [9.17, 15) is 13.6 Å². The van der Waals surface area contributed by atoms with Crippen LogP contribution in [0.15, 0.2) is 18.2 Å². The minimum absolute atomic E-state index is 0.0265. The summed E-state index contributed by atoms with van der Waals surface area (Å²) in [4.78, 5) is 14.5. The van der Waals surface area contributed by atoms with Gasteiger partial charge in [-0.3, -0.25) is 15.1 Å². The summed E-state index contributed by atoms with van der Waals surface area (Å²) in [5.74, 6) is -1.45. The van der Waals surface area contributed by atoms with E-state index in [0.717, 1.165) is 31.5 Å². The number of benzene rings is 1. The largest absolute Gasteiger partial charge is 0.350 e. The first kappa shape index (κ1) is 19.2. The molecule has 1 amide bonds. The van der Waals surface area contributed by atoms with Gasteiger partial charge in [0, 0.05) is 30.6 Å². The Kier molecular flexibility index (Phi) is 5.60. The molecule has 1 aromatic carbocycles. The minimum atomic E-state index is -0.836. The minimum Gasteiger partial charge on any atom is -0.350 e. The highest BCUT2D eigenvalue weighted by molar-refractivity contribution is 5.78. The average molecular weight is 366 g/mol. The molecule has 144 valence electrons. The molecule has 2 heterocycles. The lowest BCUT2D eigenvalue weighted by Crippen LogP contribution is -2.51. The number of rotatable bonds is 5. The third-order valence-electron chi connectivity index (χ3n) is 5.63. The highest BCUT2D eigenvalue weighted by atomic mass is 19.2. The summed E-state index contributed by atoms with van der Waals surface area (Å²) in [6, 6.07) is 4.20. The van der Waals surface area contributed by atoms with E-state index in [1.165, 1.54) is 12.1 Å². The Labute approximate surface area is 153 Å². The molecule has 7 heteroatoms. The molecule has 3 atom stereocenters. The number of likely N-dealkylation sites (tertiary alicyclic amines) is 1. The standard InChI is InChI=1S/C19H28F2N4O/c1-4-19(2,3)22-17(26)11-25-8-7-16-13(10-25)18(24-23-16)12-5-6-14(20)15(21)9-12/h5-6,9,13,16,18,23-24H,4,7-8,10-11H2,1-3H3,(H,22,26). The number of halogens is 2. The number of nitrogens with one attached hydrogen (secondary N) is 3. The second-order valence-corrected chi connectivity index (χ2v) is 8.02. The van der Waals surface area contributed by atoms with Crippen LogP contribution < -0.4 is 16.2 Å². The van der Waals surface area contributed by atoms with E-state index in [1.807, 2.05) is 20.8 Å². The van der Waals surface area contributed by atoms with Crippen molar-refractivity contribution < 1.29 is 13.6 Å². The number of carbonyl (C=O) groups excluding carboxylic acids is 1. The number of piperidine rings is 1. The van der Waals surface area contributed by atoms with Crippen molar-refractivity contribution in [2.75, 3.05) is 19.6 Å². The van der Waals surface area contributed by atoms with Gasteiger partial charge in [-0.05, 0) is 44.4 Å². The molecule has 2 aliphatic rings. The lowest BCUT2D eigenvalue weighted by Gasteiger charge is -2.36. The lowest BCUT2D eigenvalue weighted by molar-refractivity contribution is -0.124. The van der Waals surface area contributed by atoms with Crippen LogP contribution in [0, 0.1) is 17.6 Å². The SMILES string of the molecule is CCC(C)(C)NC(=O)CN1CCC2NNC(c3ccc(F)c(F)c3)C2C1. The topological polar surface area (TPSA) is 56.4 Å². The van der Waals surface area contributed by atoms with E-state index in [2.05, 4.69) is 21.1 Å². The third kappa shape index (κ3) is 4.22. The number of carbonyl (C=O) groups is 1. The molecule has 5 nitrogen and oxygen atoms in total. The van der Waals surface area contributed by atoms with Crippen LogP contribution in [-0.2, 0) is 4.79 Å². The van der Waals surface area contributed by atoms with Gasteiger partial charge in [-0.1, -0.05) is 13.0 Å². The summed E-state index contributed by atoms with van der Waals surface area (Å²) in [6.07, 6.45) is 1.78. The van der Waals surface area contributed by atoms with Gasteiger partial charge in [0.25, 0.3) is 0 Å². The van der Waals surface area contributed by atoms with E-state index in [-0.39, 0.29) is 29.4 Å². The maximum Gasteiger partial charge on any atom is 0.234 e. The quantitative estimate of drug-likeness (QED) is 0.747. The average Bonchev–Trinajstić information content (AvgIpc) is 3.00. The molecule has 26 heavy (non-hydrogen) atoms. The molecule has 3 rings (SSSR count). The number of amides is 1. The second-order valence-electron chi connectivity index (χ2n) is 8.02. The van der Waals surface area contributed by atoms with Crippen LogP contribution in [0.3, 0.4) is 0 Å². The van der Waals surface area contributed by atoms with Crippen molar-refractivity contribution in [3.05, 3.63) is 35.4 Å². The lowest BCUT2D eigenvalue weighted by atomic mass is 9.85. The zero-order valence-corrected chi connectivity index (χ0v) is 15.6. The van der Waals surface area contributed by atoms with Crippen LogP contribution in [0.5, 0.6) is 0 Å². The number of hydrogen-bond donors (Lipinski definition) is 3. The molecule has 0 aromatic heterocycles. The van der Waals surface area contributed by atoms with Gasteiger partial charge >= 0.3 is 0 Å². The molecule has 3 unspecified atom stereocenters. The van der Waals surface area contributed by atoms with E-state index in [1.54, 1.807) is 6.07 Å². The van der Waals surface area contributed by atoms with Crippen molar-refractivity contribution in [1.82, 2.24) is 21.1 Å². The molecular formula is C19H28F2N4O. The van der Waals surface area contributed by atoms with Gasteiger partial charge in [-0.25, -0.2) is 14.2 Å². The maximum absolute atomic E-state index is 13.6. The van der Waals surface area contributed by atoms with Crippen molar-refractivity contribution in [3.8, 4) is 0 Å². The molecule has 2 saturated heterocycles. The summed E-state index contributed by atoms with van der Waals surface area (Å²) in [5, 5.41) is 3.07. The predicted octanol–water partition coefficient (Wildman–Crippen LogP) is 2.11. The first-order valence-corrected chi connectivity index (χ1v) is 9.28. The summed E-state index contributed by atoms with van der Waals surface area (Å²) >= 11 is 0. The highest BCUT2D eigenvalue weighted by Gasteiger charge is 2.41. The Balaban J connectivity index is 1.64. The van der Waals surface area contributed by atoms with Crippen LogP contribution >= 0.6 is 0 Å². The van der Waals surface area contributed by atoms with Crippen molar-refractivity contribution in [2.24, 2.45) is 5.92 Å². The maximum atomic E-state index is 13.6. The van der Waals surface area contributed by atoms with E-state index in [4.69, 9.17) is 0 Å². The van der Waals surface area contributed by atoms with Crippen LogP contribution in [0.1, 0.15) is 45.2 Å². The molecule has 0 saturated carbocycles. The molecule has 1 aromatic rings. The Morgan fingerprint density at radius 1 is 1.31 bits per heavy atom. The fourth-order valence-electron chi connectivity index (χ4n) is 3.76. The number of nitrogens with zero attached hydrogens (tertiary/aromatic N) is 1. The van der Waals surface area contributed by atoms with Crippen molar-refractivity contribution in [3.63, 3.8) is 0 Å². The van der Waals surface area contributed by atoms with Gasteiger partial charge in [-0.2, -0.15) is 0 Å². The molecule has 0 spiro atoms. The Morgan fingerprint density at radius 3 is 2.77 bits per heavy atom. The van der Waals surface area contributed by atoms with E-state index >= 15 is 0 Å². The van der Waals surface area contributed by atoms with Crippen molar-refractivity contribution in [2.45, 2.75) is 51.2 Å². The van der Waals surface area contributed by atoms with Gasteiger partial charge in [-0.15, -0.1) is 0 Å². The molecule has 2 aliphatic heterocycles.